The van der Waals surface area contributed by atoms with E-state index < -0.39 is 0 Å². The highest BCUT2D eigenvalue weighted by molar-refractivity contribution is 9.10. The lowest BCUT2D eigenvalue weighted by Crippen LogP contribution is -2.29. The highest BCUT2D eigenvalue weighted by Crippen LogP contribution is 2.20. The van der Waals surface area contributed by atoms with Crippen LogP contribution in [0.15, 0.2) is 22.7 Å². The van der Waals surface area contributed by atoms with Crippen LogP contribution >= 0.6 is 15.9 Å². The molecule has 7 heteroatoms. The summed E-state index contributed by atoms with van der Waals surface area (Å²) in [6.07, 6.45) is 0.504. The standard InChI is InChI=1S/C21H29BrN4O2/c1-13(2)12-26-16(5)18(15(4)25-26)11-21(28)23-9-8-20(27)24-19-10-17(22)7-6-14(19)3/h6-7,10,13H,8-9,11-12H2,1-5H3,(H,23,28)(H,24,27). The molecule has 0 aliphatic carbocycles. The summed E-state index contributed by atoms with van der Waals surface area (Å²) in [5.41, 5.74) is 4.65. The van der Waals surface area contributed by atoms with Gasteiger partial charge in [-0.05, 0) is 44.4 Å². The highest BCUT2D eigenvalue weighted by atomic mass is 79.9. The van der Waals surface area contributed by atoms with Crippen LogP contribution in [0.4, 0.5) is 5.69 Å². The van der Waals surface area contributed by atoms with E-state index in [0.29, 0.717) is 12.5 Å². The van der Waals surface area contributed by atoms with Gasteiger partial charge in [0.2, 0.25) is 11.8 Å². The van der Waals surface area contributed by atoms with Crippen molar-refractivity contribution >= 4 is 33.4 Å². The third-order valence-electron chi connectivity index (χ3n) is 4.55. The summed E-state index contributed by atoms with van der Waals surface area (Å²) in [5.74, 6) is 0.271. The van der Waals surface area contributed by atoms with Gasteiger partial charge in [0.05, 0.1) is 12.1 Å². The van der Waals surface area contributed by atoms with Gasteiger partial charge < -0.3 is 10.6 Å². The van der Waals surface area contributed by atoms with Crippen LogP contribution in [-0.2, 0) is 22.6 Å². The summed E-state index contributed by atoms with van der Waals surface area (Å²) in [6, 6.07) is 5.73. The molecule has 28 heavy (non-hydrogen) atoms. The van der Waals surface area contributed by atoms with Crippen molar-refractivity contribution in [2.24, 2.45) is 5.92 Å². The fourth-order valence-electron chi connectivity index (χ4n) is 2.99. The van der Waals surface area contributed by atoms with Gasteiger partial charge in [-0.1, -0.05) is 35.8 Å². The van der Waals surface area contributed by atoms with Crippen molar-refractivity contribution in [1.29, 1.82) is 0 Å². The lowest BCUT2D eigenvalue weighted by molar-refractivity contribution is -0.120. The van der Waals surface area contributed by atoms with Gasteiger partial charge in [-0.2, -0.15) is 5.10 Å². The molecule has 0 atom stereocenters. The topological polar surface area (TPSA) is 76.0 Å². The fourth-order valence-corrected chi connectivity index (χ4v) is 3.35. The smallest absolute Gasteiger partial charge is 0.226 e. The van der Waals surface area contributed by atoms with Gasteiger partial charge >= 0.3 is 0 Å². The number of benzene rings is 1. The Bertz CT molecular complexity index is 858. The molecule has 0 saturated carbocycles. The maximum atomic E-state index is 12.3. The predicted octanol–water partition coefficient (Wildman–Crippen LogP) is 3.91. The molecule has 0 radical (unpaired) electrons. The van der Waals surface area contributed by atoms with Gasteiger partial charge in [0.1, 0.15) is 0 Å². The minimum Gasteiger partial charge on any atom is -0.355 e. The number of hydrogen-bond donors (Lipinski definition) is 2. The van der Waals surface area contributed by atoms with Crippen LogP contribution in [0.1, 0.15) is 42.8 Å². The van der Waals surface area contributed by atoms with Crippen molar-refractivity contribution in [2.75, 3.05) is 11.9 Å². The third-order valence-corrected chi connectivity index (χ3v) is 5.05. The number of nitrogens with one attached hydrogen (secondary N) is 2. The molecule has 0 fully saturated rings. The van der Waals surface area contributed by atoms with Crippen LogP contribution in [0.2, 0.25) is 0 Å². The lowest BCUT2D eigenvalue weighted by atomic mass is 10.1. The van der Waals surface area contributed by atoms with Gasteiger partial charge in [-0.25, -0.2) is 0 Å². The predicted molar refractivity (Wildman–Crippen MR) is 115 cm³/mol. The number of carbonyl (C=O) groups is 2. The van der Waals surface area contributed by atoms with Crippen molar-refractivity contribution in [3.63, 3.8) is 0 Å². The van der Waals surface area contributed by atoms with E-state index in [1.54, 1.807) is 0 Å². The zero-order valence-corrected chi connectivity index (χ0v) is 18.8. The molecule has 1 heterocycles. The molecule has 0 saturated heterocycles. The molecule has 6 nitrogen and oxygen atoms in total. The number of halogens is 1. The Balaban J connectivity index is 1.84. The minimum atomic E-state index is -0.126. The minimum absolute atomic E-state index is 0.0956. The van der Waals surface area contributed by atoms with Crippen LogP contribution < -0.4 is 10.6 Å². The van der Waals surface area contributed by atoms with Crippen molar-refractivity contribution < 1.29 is 9.59 Å². The summed E-state index contributed by atoms with van der Waals surface area (Å²) >= 11 is 3.40. The van der Waals surface area contributed by atoms with E-state index >= 15 is 0 Å². The number of amides is 2. The number of rotatable bonds is 8. The second-order valence-electron chi connectivity index (χ2n) is 7.51. The Morgan fingerprint density at radius 1 is 1.18 bits per heavy atom. The van der Waals surface area contributed by atoms with Crippen LogP contribution in [0.25, 0.3) is 0 Å². The zero-order chi connectivity index (χ0) is 20.8. The maximum Gasteiger partial charge on any atom is 0.226 e. The molecule has 0 bridgehead atoms. The first kappa shape index (κ1) is 22.1. The van der Waals surface area contributed by atoms with Crippen LogP contribution in [-0.4, -0.2) is 28.1 Å². The molecule has 2 rings (SSSR count). The number of carbonyl (C=O) groups excluding carboxylic acids is 2. The van der Waals surface area contributed by atoms with Crippen LogP contribution in [0, 0.1) is 26.7 Å². The molecule has 0 aliphatic rings. The Morgan fingerprint density at radius 3 is 2.57 bits per heavy atom. The maximum absolute atomic E-state index is 12.3. The van der Waals surface area contributed by atoms with E-state index in [2.05, 4.69) is 45.5 Å². The van der Waals surface area contributed by atoms with Crippen molar-refractivity contribution in [3.05, 3.63) is 45.2 Å². The number of nitrogens with zero attached hydrogens (tertiary/aromatic N) is 2. The van der Waals surface area contributed by atoms with E-state index in [-0.39, 0.29) is 24.7 Å². The van der Waals surface area contributed by atoms with E-state index in [1.807, 2.05) is 43.7 Å². The molecule has 2 N–H and O–H groups in total. The van der Waals surface area contributed by atoms with Crippen molar-refractivity contribution in [2.45, 2.75) is 54.0 Å². The molecule has 2 aromatic rings. The Hall–Kier alpha value is -2.15. The molecular formula is C21H29BrN4O2. The third kappa shape index (κ3) is 6.19. The average Bonchev–Trinajstić information content (AvgIpc) is 2.85. The van der Waals surface area contributed by atoms with Crippen molar-refractivity contribution in [3.8, 4) is 0 Å². The second-order valence-corrected chi connectivity index (χ2v) is 8.43. The summed E-state index contributed by atoms with van der Waals surface area (Å²) in [4.78, 5) is 24.4. The Kier molecular flexibility index (Phi) is 7.80. The lowest BCUT2D eigenvalue weighted by Gasteiger charge is -2.10. The van der Waals surface area contributed by atoms with Crippen LogP contribution in [0.3, 0.4) is 0 Å². The summed E-state index contributed by atoms with van der Waals surface area (Å²) in [5, 5.41) is 10.3. The molecule has 0 unspecified atom stereocenters. The normalized spacial score (nSPS) is 11.0. The van der Waals surface area contributed by atoms with E-state index in [4.69, 9.17) is 0 Å². The van der Waals surface area contributed by atoms with Gasteiger partial charge in [0.25, 0.3) is 0 Å². The molecule has 1 aromatic heterocycles. The molecule has 0 spiro atoms. The van der Waals surface area contributed by atoms with E-state index in [0.717, 1.165) is 39.2 Å². The highest BCUT2D eigenvalue weighted by Gasteiger charge is 2.15. The Labute approximate surface area is 175 Å². The van der Waals surface area contributed by atoms with E-state index in [1.165, 1.54) is 0 Å². The first-order chi connectivity index (χ1) is 13.2. The zero-order valence-electron chi connectivity index (χ0n) is 17.2. The summed E-state index contributed by atoms with van der Waals surface area (Å²) in [6.45, 7) is 11.3. The number of aryl methyl sites for hydroxylation is 2. The fraction of sp³-hybridized carbons (Fsp3) is 0.476. The number of aromatic nitrogens is 2. The summed E-state index contributed by atoms with van der Waals surface area (Å²) in [7, 11) is 0. The molecule has 152 valence electrons. The van der Waals surface area contributed by atoms with Gasteiger partial charge in [0.15, 0.2) is 0 Å². The largest absolute Gasteiger partial charge is 0.355 e. The number of anilines is 1. The first-order valence-electron chi connectivity index (χ1n) is 9.53. The van der Waals surface area contributed by atoms with Gasteiger partial charge in [0, 0.05) is 40.9 Å². The van der Waals surface area contributed by atoms with Crippen molar-refractivity contribution in [1.82, 2.24) is 15.1 Å². The quantitative estimate of drug-likeness (QED) is 0.642. The average molecular weight is 449 g/mol. The van der Waals surface area contributed by atoms with E-state index in [9.17, 15) is 9.59 Å². The summed E-state index contributed by atoms with van der Waals surface area (Å²) < 4.78 is 2.88. The first-order valence-corrected chi connectivity index (χ1v) is 10.3. The van der Waals surface area contributed by atoms with Gasteiger partial charge in [-0.3, -0.25) is 14.3 Å². The van der Waals surface area contributed by atoms with Crippen LogP contribution in [0.5, 0.6) is 0 Å². The monoisotopic (exact) mass is 448 g/mol. The SMILES string of the molecule is Cc1ccc(Br)cc1NC(=O)CCNC(=O)Cc1c(C)nn(CC(C)C)c1C. The Morgan fingerprint density at radius 2 is 1.89 bits per heavy atom. The second kappa shape index (κ2) is 9.87. The number of hydrogen-bond acceptors (Lipinski definition) is 3. The molecule has 2 amide bonds. The van der Waals surface area contributed by atoms with Gasteiger partial charge in [-0.15, -0.1) is 0 Å². The molecular weight excluding hydrogens is 420 g/mol. The molecule has 1 aromatic carbocycles. The molecule has 0 aliphatic heterocycles.